The first-order valence-corrected chi connectivity index (χ1v) is 6.26. The summed E-state index contributed by atoms with van der Waals surface area (Å²) in [6.07, 6.45) is 0. The van der Waals surface area contributed by atoms with Crippen LogP contribution in [0.1, 0.15) is 11.1 Å². The minimum atomic E-state index is -1.89. The van der Waals surface area contributed by atoms with E-state index >= 15 is 0 Å². The first-order chi connectivity index (χ1) is 9.18. The standard InChI is InChI=1S/C17H12O2/c18-17(19)15-8-4-3-7-13(15)14-9-11-5-1-2-6-12(11)10-16(14)17/h1-10,18-19H. The van der Waals surface area contributed by atoms with E-state index in [1.807, 2.05) is 54.6 Å². The molecule has 0 atom stereocenters. The average molecular weight is 248 g/mol. The lowest BCUT2D eigenvalue weighted by atomic mass is 9.99. The smallest absolute Gasteiger partial charge is 0.218 e. The lowest BCUT2D eigenvalue weighted by molar-refractivity contribution is -0.128. The van der Waals surface area contributed by atoms with Gasteiger partial charge >= 0.3 is 0 Å². The predicted octanol–water partition coefficient (Wildman–Crippen LogP) is 3.01. The van der Waals surface area contributed by atoms with Crippen molar-refractivity contribution in [1.29, 1.82) is 0 Å². The van der Waals surface area contributed by atoms with Crippen LogP contribution in [0.3, 0.4) is 0 Å². The zero-order valence-corrected chi connectivity index (χ0v) is 10.2. The van der Waals surface area contributed by atoms with Gasteiger partial charge in [0.05, 0.1) is 0 Å². The maximum absolute atomic E-state index is 10.4. The summed E-state index contributed by atoms with van der Waals surface area (Å²) in [5.41, 5.74) is 2.92. The van der Waals surface area contributed by atoms with Gasteiger partial charge in [-0.2, -0.15) is 0 Å². The van der Waals surface area contributed by atoms with E-state index in [-0.39, 0.29) is 0 Å². The number of rotatable bonds is 0. The van der Waals surface area contributed by atoms with Gasteiger partial charge in [-0.05, 0) is 34.0 Å². The summed E-state index contributed by atoms with van der Waals surface area (Å²) >= 11 is 0. The Balaban J connectivity index is 2.15. The van der Waals surface area contributed by atoms with Crippen molar-refractivity contribution in [1.82, 2.24) is 0 Å². The van der Waals surface area contributed by atoms with Crippen LogP contribution in [0.5, 0.6) is 0 Å². The molecule has 3 aromatic carbocycles. The highest BCUT2D eigenvalue weighted by molar-refractivity contribution is 5.92. The van der Waals surface area contributed by atoms with Gasteiger partial charge in [0.15, 0.2) is 0 Å². The molecule has 1 aliphatic rings. The Bertz CT molecular complexity index is 803. The second-order valence-corrected chi connectivity index (χ2v) is 4.96. The molecule has 92 valence electrons. The molecular formula is C17H12O2. The van der Waals surface area contributed by atoms with Crippen molar-refractivity contribution < 1.29 is 10.2 Å². The minimum Gasteiger partial charge on any atom is -0.358 e. The van der Waals surface area contributed by atoms with E-state index in [0.717, 1.165) is 21.9 Å². The van der Waals surface area contributed by atoms with Crippen molar-refractivity contribution in [3.05, 3.63) is 71.8 Å². The summed E-state index contributed by atoms with van der Waals surface area (Å²) in [7, 11) is 0. The van der Waals surface area contributed by atoms with Crippen molar-refractivity contribution in [2.75, 3.05) is 0 Å². The van der Waals surface area contributed by atoms with E-state index in [4.69, 9.17) is 0 Å². The van der Waals surface area contributed by atoms with Crippen molar-refractivity contribution in [3.63, 3.8) is 0 Å². The molecule has 19 heavy (non-hydrogen) atoms. The van der Waals surface area contributed by atoms with Gasteiger partial charge in [-0.25, -0.2) is 0 Å². The topological polar surface area (TPSA) is 40.5 Å². The van der Waals surface area contributed by atoms with Gasteiger partial charge in [-0.1, -0.05) is 48.5 Å². The van der Waals surface area contributed by atoms with Crippen LogP contribution in [-0.4, -0.2) is 10.2 Å². The zero-order valence-electron chi connectivity index (χ0n) is 10.2. The lowest BCUT2D eigenvalue weighted by Gasteiger charge is -2.18. The number of fused-ring (bicyclic) bond motifs is 4. The summed E-state index contributed by atoms with van der Waals surface area (Å²) in [6.45, 7) is 0. The second kappa shape index (κ2) is 3.44. The third kappa shape index (κ3) is 1.33. The van der Waals surface area contributed by atoms with E-state index in [9.17, 15) is 10.2 Å². The van der Waals surface area contributed by atoms with Gasteiger partial charge in [0, 0.05) is 11.1 Å². The summed E-state index contributed by atoms with van der Waals surface area (Å²) in [6, 6.07) is 19.3. The molecule has 1 aliphatic carbocycles. The second-order valence-electron chi connectivity index (χ2n) is 4.96. The highest BCUT2D eigenvalue weighted by Gasteiger charge is 2.39. The molecule has 0 heterocycles. The Hall–Kier alpha value is -2.16. The molecule has 0 fully saturated rings. The van der Waals surface area contributed by atoms with E-state index in [1.165, 1.54) is 0 Å². The molecule has 3 aromatic rings. The Morgan fingerprint density at radius 1 is 0.632 bits per heavy atom. The molecule has 0 bridgehead atoms. The van der Waals surface area contributed by atoms with Crippen LogP contribution in [0.2, 0.25) is 0 Å². The number of hydrogen-bond acceptors (Lipinski definition) is 2. The number of aliphatic hydroxyl groups is 2. The third-order valence-electron chi connectivity index (χ3n) is 3.85. The third-order valence-corrected chi connectivity index (χ3v) is 3.85. The maximum Gasteiger partial charge on any atom is 0.218 e. The van der Waals surface area contributed by atoms with E-state index in [0.29, 0.717) is 11.1 Å². The summed E-state index contributed by atoms with van der Waals surface area (Å²) in [4.78, 5) is 0. The Morgan fingerprint density at radius 3 is 2.05 bits per heavy atom. The summed E-state index contributed by atoms with van der Waals surface area (Å²) < 4.78 is 0. The van der Waals surface area contributed by atoms with Gasteiger partial charge in [0.1, 0.15) is 0 Å². The summed E-state index contributed by atoms with van der Waals surface area (Å²) in [5.74, 6) is -1.89. The Kier molecular flexibility index (Phi) is 1.94. The highest BCUT2D eigenvalue weighted by Crippen LogP contribution is 2.47. The molecule has 2 nitrogen and oxygen atoms in total. The normalized spacial score (nSPS) is 15.3. The fourth-order valence-electron chi connectivity index (χ4n) is 2.92. The molecule has 2 N–H and O–H groups in total. The van der Waals surface area contributed by atoms with Crippen LogP contribution in [-0.2, 0) is 5.79 Å². The molecule has 0 saturated carbocycles. The van der Waals surface area contributed by atoms with Gasteiger partial charge in [0.2, 0.25) is 5.79 Å². The van der Waals surface area contributed by atoms with Crippen molar-refractivity contribution in [2.45, 2.75) is 5.79 Å². The zero-order chi connectivity index (χ0) is 13.0. The molecule has 0 aliphatic heterocycles. The van der Waals surface area contributed by atoms with Gasteiger partial charge in [-0.3, -0.25) is 0 Å². The van der Waals surface area contributed by atoms with Crippen molar-refractivity contribution in [3.8, 4) is 11.1 Å². The van der Waals surface area contributed by atoms with Crippen molar-refractivity contribution >= 4 is 10.8 Å². The molecular weight excluding hydrogens is 236 g/mol. The highest BCUT2D eigenvalue weighted by atomic mass is 16.5. The lowest BCUT2D eigenvalue weighted by Crippen LogP contribution is -2.23. The van der Waals surface area contributed by atoms with Gasteiger partial charge in [0.25, 0.3) is 0 Å². The number of hydrogen-bond donors (Lipinski definition) is 2. The fraction of sp³-hybridized carbons (Fsp3) is 0.0588. The minimum absolute atomic E-state index is 0.556. The van der Waals surface area contributed by atoms with E-state index < -0.39 is 5.79 Å². The molecule has 2 heteroatoms. The van der Waals surface area contributed by atoms with Crippen LogP contribution < -0.4 is 0 Å². The molecule has 0 spiro atoms. The fourth-order valence-corrected chi connectivity index (χ4v) is 2.92. The van der Waals surface area contributed by atoms with Crippen LogP contribution >= 0.6 is 0 Å². The molecule has 0 radical (unpaired) electrons. The largest absolute Gasteiger partial charge is 0.358 e. The maximum atomic E-state index is 10.4. The van der Waals surface area contributed by atoms with Crippen LogP contribution in [0, 0.1) is 0 Å². The quantitative estimate of drug-likeness (QED) is 0.600. The Labute approximate surface area is 110 Å². The van der Waals surface area contributed by atoms with Gasteiger partial charge in [-0.15, -0.1) is 0 Å². The molecule has 0 saturated heterocycles. The van der Waals surface area contributed by atoms with E-state index in [1.54, 1.807) is 6.07 Å². The summed E-state index contributed by atoms with van der Waals surface area (Å²) in [5, 5.41) is 22.9. The molecule has 0 aromatic heterocycles. The predicted molar refractivity (Wildman–Crippen MR) is 74.6 cm³/mol. The molecule has 4 rings (SSSR count). The first kappa shape index (κ1) is 10.7. The van der Waals surface area contributed by atoms with Crippen molar-refractivity contribution in [2.24, 2.45) is 0 Å². The SMILES string of the molecule is OC1(O)c2ccccc2-c2cc3ccccc3cc21. The molecule has 0 amide bonds. The van der Waals surface area contributed by atoms with E-state index in [2.05, 4.69) is 0 Å². The number of benzene rings is 3. The van der Waals surface area contributed by atoms with Gasteiger partial charge < -0.3 is 10.2 Å². The average Bonchev–Trinajstić information content (AvgIpc) is 2.66. The van der Waals surface area contributed by atoms with Crippen LogP contribution in [0.15, 0.2) is 60.7 Å². The Morgan fingerprint density at radius 2 is 1.26 bits per heavy atom. The first-order valence-electron chi connectivity index (χ1n) is 6.26. The molecule has 0 unspecified atom stereocenters. The van der Waals surface area contributed by atoms with Crippen LogP contribution in [0.25, 0.3) is 21.9 Å². The monoisotopic (exact) mass is 248 g/mol. The van der Waals surface area contributed by atoms with Crippen LogP contribution in [0.4, 0.5) is 0 Å².